The van der Waals surface area contributed by atoms with Gasteiger partial charge in [0.05, 0.1) is 7.11 Å². The van der Waals surface area contributed by atoms with Crippen LogP contribution in [0.4, 0.5) is 5.69 Å². The molecule has 2 aromatic carbocycles. The maximum absolute atomic E-state index is 12.0. The number of aryl methyl sites for hydroxylation is 2. The third-order valence-corrected chi connectivity index (χ3v) is 3.29. The van der Waals surface area contributed by atoms with E-state index in [1.54, 1.807) is 24.3 Å². The van der Waals surface area contributed by atoms with Crippen LogP contribution in [-0.4, -0.2) is 32.2 Å². The lowest BCUT2D eigenvalue weighted by Gasteiger charge is -2.10. The minimum absolute atomic E-state index is 0.0799. The second-order valence-electron chi connectivity index (χ2n) is 5.55. The van der Waals surface area contributed by atoms with Crippen LogP contribution >= 0.6 is 0 Å². The Bertz CT molecular complexity index is 720. The third kappa shape index (κ3) is 6.18. The summed E-state index contributed by atoms with van der Waals surface area (Å²) in [6.07, 6.45) is 0. The van der Waals surface area contributed by atoms with Gasteiger partial charge in [-0.15, -0.1) is 0 Å². The maximum atomic E-state index is 12.0. The van der Waals surface area contributed by atoms with E-state index in [4.69, 9.17) is 9.47 Å². The Kier molecular flexibility index (Phi) is 6.39. The highest BCUT2D eigenvalue weighted by atomic mass is 16.6. The highest BCUT2D eigenvalue weighted by molar-refractivity contribution is 5.91. The molecule has 25 heavy (non-hydrogen) atoms. The summed E-state index contributed by atoms with van der Waals surface area (Å²) in [5, 5.41) is 2.73. The predicted molar refractivity (Wildman–Crippen MR) is 94.0 cm³/mol. The van der Waals surface area contributed by atoms with Gasteiger partial charge in [0.15, 0.2) is 13.2 Å². The summed E-state index contributed by atoms with van der Waals surface area (Å²) in [7, 11) is 1.30. The summed E-state index contributed by atoms with van der Waals surface area (Å²) in [4.78, 5) is 23.0. The zero-order chi connectivity index (χ0) is 18.2. The van der Waals surface area contributed by atoms with Crippen LogP contribution in [0.15, 0.2) is 42.5 Å². The van der Waals surface area contributed by atoms with Crippen molar-refractivity contribution in [3.05, 3.63) is 53.6 Å². The van der Waals surface area contributed by atoms with Crippen molar-refractivity contribution < 1.29 is 23.8 Å². The fourth-order valence-corrected chi connectivity index (χ4v) is 2.20. The molecule has 0 aliphatic rings. The van der Waals surface area contributed by atoms with Crippen molar-refractivity contribution in [2.24, 2.45) is 0 Å². The van der Waals surface area contributed by atoms with Crippen molar-refractivity contribution in [2.45, 2.75) is 13.8 Å². The number of amides is 1. The van der Waals surface area contributed by atoms with Gasteiger partial charge in [-0.25, -0.2) is 4.79 Å². The van der Waals surface area contributed by atoms with E-state index in [9.17, 15) is 9.59 Å². The SMILES string of the molecule is COC(=O)COc1ccc(NC(=O)COc2cc(C)cc(C)c2)cc1. The molecule has 0 radical (unpaired) electrons. The molecule has 0 saturated carbocycles. The quantitative estimate of drug-likeness (QED) is 0.783. The molecule has 1 amide bonds. The summed E-state index contributed by atoms with van der Waals surface area (Å²) < 4.78 is 15.2. The number of benzene rings is 2. The first-order valence-electron chi connectivity index (χ1n) is 7.77. The Morgan fingerprint density at radius 3 is 2.08 bits per heavy atom. The fourth-order valence-electron chi connectivity index (χ4n) is 2.20. The number of nitrogens with one attached hydrogen (secondary N) is 1. The minimum Gasteiger partial charge on any atom is -0.484 e. The van der Waals surface area contributed by atoms with Crippen LogP contribution in [0.5, 0.6) is 11.5 Å². The first kappa shape index (κ1) is 18.3. The van der Waals surface area contributed by atoms with E-state index in [0.29, 0.717) is 17.2 Å². The smallest absolute Gasteiger partial charge is 0.343 e. The van der Waals surface area contributed by atoms with Gasteiger partial charge in [0, 0.05) is 5.69 Å². The molecule has 132 valence electrons. The van der Waals surface area contributed by atoms with E-state index >= 15 is 0 Å². The van der Waals surface area contributed by atoms with Crippen LogP contribution in [-0.2, 0) is 14.3 Å². The molecule has 2 aromatic rings. The lowest BCUT2D eigenvalue weighted by atomic mass is 10.1. The third-order valence-electron chi connectivity index (χ3n) is 3.29. The minimum atomic E-state index is -0.457. The van der Waals surface area contributed by atoms with E-state index in [0.717, 1.165) is 11.1 Å². The summed E-state index contributed by atoms with van der Waals surface area (Å²) in [5.41, 5.74) is 2.77. The molecule has 0 heterocycles. The van der Waals surface area contributed by atoms with E-state index in [-0.39, 0.29) is 19.1 Å². The zero-order valence-corrected chi connectivity index (χ0v) is 14.5. The van der Waals surface area contributed by atoms with Crippen molar-refractivity contribution in [3.63, 3.8) is 0 Å². The van der Waals surface area contributed by atoms with Gasteiger partial charge < -0.3 is 19.5 Å². The molecule has 0 aromatic heterocycles. The number of ether oxygens (including phenoxy) is 3. The second-order valence-corrected chi connectivity index (χ2v) is 5.55. The van der Waals surface area contributed by atoms with Crippen LogP contribution in [0.1, 0.15) is 11.1 Å². The molecule has 1 N–H and O–H groups in total. The molecule has 6 heteroatoms. The molecule has 0 aliphatic carbocycles. The topological polar surface area (TPSA) is 73.9 Å². The van der Waals surface area contributed by atoms with Crippen molar-refractivity contribution >= 4 is 17.6 Å². The monoisotopic (exact) mass is 343 g/mol. The maximum Gasteiger partial charge on any atom is 0.343 e. The predicted octanol–water partition coefficient (Wildman–Crippen LogP) is 2.87. The highest BCUT2D eigenvalue weighted by Crippen LogP contribution is 2.17. The lowest BCUT2D eigenvalue weighted by Crippen LogP contribution is -2.20. The normalized spacial score (nSPS) is 10.0. The molecule has 0 aliphatic heterocycles. The second kappa shape index (κ2) is 8.73. The number of carbonyl (C=O) groups excluding carboxylic acids is 2. The van der Waals surface area contributed by atoms with Gasteiger partial charge in [0.2, 0.25) is 0 Å². The average molecular weight is 343 g/mol. The first-order valence-corrected chi connectivity index (χ1v) is 7.77. The zero-order valence-electron chi connectivity index (χ0n) is 14.5. The number of rotatable bonds is 7. The van der Waals surface area contributed by atoms with Crippen LogP contribution < -0.4 is 14.8 Å². The first-order chi connectivity index (χ1) is 12.0. The number of carbonyl (C=O) groups is 2. The van der Waals surface area contributed by atoms with Gasteiger partial charge in [0.1, 0.15) is 11.5 Å². The van der Waals surface area contributed by atoms with Crippen molar-refractivity contribution in [3.8, 4) is 11.5 Å². The molecule has 0 saturated heterocycles. The summed E-state index contributed by atoms with van der Waals surface area (Å²) in [6.45, 7) is 3.71. The van der Waals surface area contributed by atoms with Crippen LogP contribution in [0.3, 0.4) is 0 Å². The van der Waals surface area contributed by atoms with Gasteiger partial charge >= 0.3 is 5.97 Å². The number of esters is 1. The molecule has 2 rings (SSSR count). The van der Waals surface area contributed by atoms with Crippen molar-refractivity contribution in [2.75, 3.05) is 25.6 Å². The van der Waals surface area contributed by atoms with Gasteiger partial charge in [-0.05, 0) is 61.4 Å². The van der Waals surface area contributed by atoms with Gasteiger partial charge in [-0.2, -0.15) is 0 Å². The molecule has 0 unspecified atom stereocenters. The molecule has 0 fully saturated rings. The Morgan fingerprint density at radius 1 is 0.880 bits per heavy atom. The van der Waals surface area contributed by atoms with Gasteiger partial charge in [0.25, 0.3) is 5.91 Å². The Hall–Kier alpha value is -3.02. The average Bonchev–Trinajstić information content (AvgIpc) is 2.58. The molecule has 0 bridgehead atoms. The van der Waals surface area contributed by atoms with E-state index in [1.807, 2.05) is 32.0 Å². The van der Waals surface area contributed by atoms with Gasteiger partial charge in [-0.3, -0.25) is 4.79 Å². The largest absolute Gasteiger partial charge is 0.484 e. The fraction of sp³-hybridized carbons (Fsp3) is 0.263. The van der Waals surface area contributed by atoms with E-state index in [1.165, 1.54) is 7.11 Å². The summed E-state index contributed by atoms with van der Waals surface area (Å²) in [5.74, 6) is 0.456. The molecule has 0 spiro atoms. The molecular formula is C19H21NO5. The molecule has 0 atom stereocenters. The van der Waals surface area contributed by atoms with Gasteiger partial charge in [-0.1, -0.05) is 6.07 Å². The van der Waals surface area contributed by atoms with Crippen molar-refractivity contribution in [1.82, 2.24) is 0 Å². The van der Waals surface area contributed by atoms with Crippen LogP contribution in [0.2, 0.25) is 0 Å². The Balaban J connectivity index is 1.82. The number of methoxy groups -OCH3 is 1. The number of anilines is 1. The standard InChI is InChI=1S/C19H21NO5/c1-13-8-14(2)10-17(9-13)24-11-18(21)20-15-4-6-16(7-5-15)25-12-19(22)23-3/h4-10H,11-12H2,1-3H3,(H,20,21). The van der Waals surface area contributed by atoms with Crippen LogP contribution in [0, 0.1) is 13.8 Å². The molecular weight excluding hydrogens is 322 g/mol. The highest BCUT2D eigenvalue weighted by Gasteiger charge is 2.06. The Morgan fingerprint density at radius 2 is 1.48 bits per heavy atom. The lowest BCUT2D eigenvalue weighted by molar-refractivity contribution is -0.142. The van der Waals surface area contributed by atoms with Crippen LogP contribution in [0.25, 0.3) is 0 Å². The number of hydrogen-bond donors (Lipinski definition) is 1. The Labute approximate surface area is 146 Å². The number of hydrogen-bond acceptors (Lipinski definition) is 5. The molecule has 6 nitrogen and oxygen atoms in total. The van der Waals surface area contributed by atoms with E-state index < -0.39 is 5.97 Å². The summed E-state index contributed by atoms with van der Waals surface area (Å²) >= 11 is 0. The van der Waals surface area contributed by atoms with E-state index in [2.05, 4.69) is 10.1 Å². The summed E-state index contributed by atoms with van der Waals surface area (Å²) in [6, 6.07) is 12.5. The van der Waals surface area contributed by atoms with Crippen molar-refractivity contribution in [1.29, 1.82) is 0 Å².